The Hall–Kier alpha value is -2.03. The molecule has 0 fully saturated rings. The molecular weight excluding hydrogens is 223 g/mol. The Morgan fingerprint density at radius 2 is 2.00 bits per heavy atom. The van der Waals surface area contributed by atoms with E-state index in [0.29, 0.717) is 6.07 Å². The number of aromatic hydroxyl groups is 1. The Labute approximate surface area is 88.7 Å². The van der Waals surface area contributed by atoms with Crippen LogP contribution < -0.4 is 0 Å². The average molecular weight is 229 g/mol. The summed E-state index contributed by atoms with van der Waals surface area (Å²) in [5.41, 5.74) is -2.31. The van der Waals surface area contributed by atoms with Gasteiger partial charge in [0.25, 0.3) is 0 Å². The largest absolute Gasteiger partial charge is 0.507 e. The Morgan fingerprint density at radius 3 is 2.38 bits per heavy atom. The first kappa shape index (κ1) is 12.0. The molecule has 0 saturated heterocycles. The van der Waals surface area contributed by atoms with Gasteiger partial charge in [0.15, 0.2) is 5.78 Å². The smallest absolute Gasteiger partial charge is 0.420 e. The van der Waals surface area contributed by atoms with Crippen LogP contribution in [0, 0.1) is 11.3 Å². The van der Waals surface area contributed by atoms with E-state index in [9.17, 15) is 18.0 Å². The average Bonchev–Trinajstić information content (AvgIpc) is 2.14. The lowest BCUT2D eigenvalue weighted by Crippen LogP contribution is -2.12. The molecule has 0 radical (unpaired) electrons. The number of benzene rings is 1. The van der Waals surface area contributed by atoms with Crippen LogP contribution in [0.3, 0.4) is 0 Å². The van der Waals surface area contributed by atoms with Gasteiger partial charge in [0.05, 0.1) is 11.6 Å². The van der Waals surface area contributed by atoms with Crippen LogP contribution in [0.25, 0.3) is 0 Å². The van der Waals surface area contributed by atoms with E-state index in [2.05, 4.69) is 0 Å². The molecule has 0 saturated carbocycles. The van der Waals surface area contributed by atoms with Gasteiger partial charge in [0, 0.05) is 5.56 Å². The Morgan fingerprint density at radius 1 is 1.44 bits per heavy atom. The first-order chi connectivity index (χ1) is 7.27. The number of ketones is 1. The molecule has 0 aliphatic heterocycles. The minimum absolute atomic E-state index is 0.198. The van der Waals surface area contributed by atoms with Crippen molar-refractivity contribution in [1.82, 2.24) is 0 Å². The number of phenols is 1. The van der Waals surface area contributed by atoms with Crippen molar-refractivity contribution >= 4 is 5.78 Å². The molecule has 0 bridgehead atoms. The predicted molar refractivity (Wildman–Crippen MR) is 47.8 cm³/mol. The second-order valence-electron chi connectivity index (χ2n) is 3.08. The first-order valence-electron chi connectivity index (χ1n) is 4.12. The van der Waals surface area contributed by atoms with Crippen LogP contribution in [-0.2, 0) is 6.18 Å². The molecule has 0 amide bonds. The van der Waals surface area contributed by atoms with Crippen molar-refractivity contribution in [2.45, 2.75) is 13.1 Å². The number of phenolic OH excluding ortho intramolecular Hbond substituents is 1. The maximum Gasteiger partial charge on any atom is 0.420 e. The number of carbonyl (C=O) groups excluding carboxylic acids is 1. The van der Waals surface area contributed by atoms with Gasteiger partial charge in [-0.05, 0) is 19.1 Å². The molecule has 3 nitrogen and oxygen atoms in total. The van der Waals surface area contributed by atoms with E-state index in [1.165, 1.54) is 0 Å². The highest BCUT2D eigenvalue weighted by Crippen LogP contribution is 2.39. The van der Waals surface area contributed by atoms with Gasteiger partial charge >= 0.3 is 6.18 Å². The van der Waals surface area contributed by atoms with Crippen LogP contribution in [0.5, 0.6) is 5.75 Å². The summed E-state index contributed by atoms with van der Waals surface area (Å²) in [4.78, 5) is 11.0. The lowest BCUT2D eigenvalue weighted by molar-refractivity contribution is -0.139. The van der Waals surface area contributed by atoms with Crippen LogP contribution in [0.1, 0.15) is 28.4 Å². The van der Waals surface area contributed by atoms with Gasteiger partial charge in [0.2, 0.25) is 0 Å². The van der Waals surface area contributed by atoms with E-state index in [0.717, 1.165) is 13.0 Å². The molecule has 16 heavy (non-hydrogen) atoms. The quantitative estimate of drug-likeness (QED) is 0.752. The second kappa shape index (κ2) is 3.85. The van der Waals surface area contributed by atoms with Crippen LogP contribution in [0.15, 0.2) is 12.1 Å². The molecule has 0 unspecified atom stereocenters. The molecule has 0 heterocycles. The topological polar surface area (TPSA) is 61.1 Å². The summed E-state index contributed by atoms with van der Waals surface area (Å²) >= 11 is 0. The zero-order valence-electron chi connectivity index (χ0n) is 8.09. The summed E-state index contributed by atoms with van der Waals surface area (Å²) in [6.07, 6.45) is -4.83. The third-order valence-corrected chi connectivity index (χ3v) is 1.91. The fourth-order valence-corrected chi connectivity index (χ4v) is 1.27. The van der Waals surface area contributed by atoms with Gasteiger partial charge in [-0.25, -0.2) is 0 Å². The van der Waals surface area contributed by atoms with Crippen molar-refractivity contribution in [3.05, 3.63) is 28.8 Å². The molecule has 1 aromatic carbocycles. The maximum absolute atomic E-state index is 12.5. The number of nitriles is 1. The molecule has 1 rings (SSSR count). The Balaban J connectivity index is 3.61. The molecule has 1 aromatic rings. The van der Waals surface area contributed by atoms with Crippen LogP contribution in [0.2, 0.25) is 0 Å². The van der Waals surface area contributed by atoms with E-state index in [1.54, 1.807) is 6.07 Å². The van der Waals surface area contributed by atoms with Crippen molar-refractivity contribution in [3.8, 4) is 11.8 Å². The number of carbonyl (C=O) groups is 1. The van der Waals surface area contributed by atoms with E-state index >= 15 is 0 Å². The maximum atomic E-state index is 12.5. The third-order valence-electron chi connectivity index (χ3n) is 1.91. The highest BCUT2D eigenvalue weighted by molar-refractivity contribution is 5.96. The van der Waals surface area contributed by atoms with Crippen LogP contribution in [0.4, 0.5) is 13.2 Å². The predicted octanol–water partition coefficient (Wildman–Crippen LogP) is 2.49. The summed E-state index contributed by atoms with van der Waals surface area (Å²) in [5, 5.41) is 17.7. The van der Waals surface area contributed by atoms with Crippen molar-refractivity contribution in [3.63, 3.8) is 0 Å². The Kier molecular flexibility index (Phi) is 2.90. The van der Waals surface area contributed by atoms with Crippen molar-refractivity contribution < 1.29 is 23.1 Å². The molecule has 6 heteroatoms. The number of rotatable bonds is 1. The van der Waals surface area contributed by atoms with Gasteiger partial charge in [-0.1, -0.05) is 0 Å². The zero-order valence-corrected chi connectivity index (χ0v) is 8.09. The first-order valence-corrected chi connectivity index (χ1v) is 4.12. The zero-order chi connectivity index (χ0) is 12.5. The molecule has 0 atom stereocenters. The number of alkyl halides is 3. The molecule has 0 aliphatic carbocycles. The van der Waals surface area contributed by atoms with E-state index in [4.69, 9.17) is 10.4 Å². The molecular formula is C10H6F3NO2. The summed E-state index contributed by atoms with van der Waals surface area (Å²) < 4.78 is 37.5. The number of Topliss-reactive ketones (excluding diaryl/α,β-unsaturated/α-hetero) is 1. The normalized spacial score (nSPS) is 10.9. The summed E-state index contributed by atoms with van der Waals surface area (Å²) in [6, 6.07) is 3.05. The number of nitrogens with zero attached hydrogens (tertiary/aromatic N) is 1. The van der Waals surface area contributed by atoms with Gasteiger partial charge in [0.1, 0.15) is 11.3 Å². The van der Waals surface area contributed by atoms with Gasteiger partial charge < -0.3 is 5.11 Å². The number of hydrogen-bond acceptors (Lipinski definition) is 3. The molecule has 84 valence electrons. The fourth-order valence-electron chi connectivity index (χ4n) is 1.27. The lowest BCUT2D eigenvalue weighted by Gasteiger charge is -2.12. The van der Waals surface area contributed by atoms with E-state index in [1.807, 2.05) is 0 Å². The Bertz CT molecular complexity index is 486. The number of hydrogen-bond donors (Lipinski definition) is 1. The molecule has 0 spiro atoms. The van der Waals surface area contributed by atoms with Crippen molar-refractivity contribution in [2.24, 2.45) is 0 Å². The number of halogens is 3. The van der Waals surface area contributed by atoms with Gasteiger partial charge in [-0.15, -0.1) is 0 Å². The monoisotopic (exact) mass is 229 g/mol. The van der Waals surface area contributed by atoms with E-state index < -0.39 is 28.8 Å². The van der Waals surface area contributed by atoms with Gasteiger partial charge in [-0.2, -0.15) is 18.4 Å². The minimum atomic E-state index is -4.83. The van der Waals surface area contributed by atoms with Crippen molar-refractivity contribution in [1.29, 1.82) is 5.26 Å². The second-order valence-corrected chi connectivity index (χ2v) is 3.08. The van der Waals surface area contributed by atoms with Crippen LogP contribution >= 0.6 is 0 Å². The van der Waals surface area contributed by atoms with Crippen molar-refractivity contribution in [2.75, 3.05) is 0 Å². The summed E-state index contributed by atoms with van der Waals surface area (Å²) in [7, 11) is 0. The molecule has 1 N–H and O–H groups in total. The minimum Gasteiger partial charge on any atom is -0.507 e. The standard InChI is InChI=1S/C10H6F3NO2/c1-5(15)7-2-6(4-14)3-8(16)9(7)10(11,12)13/h2-3,16H,1H3. The summed E-state index contributed by atoms with van der Waals surface area (Å²) in [6.45, 7) is 0.936. The van der Waals surface area contributed by atoms with Gasteiger partial charge in [-0.3, -0.25) is 4.79 Å². The lowest BCUT2D eigenvalue weighted by atomic mass is 10.00. The SMILES string of the molecule is CC(=O)c1cc(C#N)cc(O)c1C(F)(F)F. The highest BCUT2D eigenvalue weighted by atomic mass is 19.4. The molecule has 0 aromatic heterocycles. The third kappa shape index (κ3) is 2.14. The molecule has 0 aliphatic rings. The van der Waals surface area contributed by atoms with Crippen LogP contribution in [-0.4, -0.2) is 10.9 Å². The fraction of sp³-hybridized carbons (Fsp3) is 0.200. The van der Waals surface area contributed by atoms with E-state index in [-0.39, 0.29) is 5.56 Å². The highest BCUT2D eigenvalue weighted by Gasteiger charge is 2.38. The summed E-state index contributed by atoms with van der Waals surface area (Å²) in [5.74, 6) is -1.98.